The standard InChI is InChI=1S/C23H21F3N4O2/c24-23(25,26)19-5-4-15(29-11-8-16(31)13-29)12-20(19)30-22(32)18-3-1-2-17(18)21(28-30)14-6-9-27-10-7-14/h4-7,9-10,12,16,31H,1-3,8,11,13H2/t16-/m0/s1. The molecular weight excluding hydrogens is 421 g/mol. The number of halogens is 3. The van der Waals surface area contributed by atoms with Gasteiger partial charge in [-0.05, 0) is 61.6 Å². The first kappa shape index (κ1) is 20.7. The van der Waals surface area contributed by atoms with Crippen molar-refractivity contribution in [3.63, 3.8) is 0 Å². The molecular formula is C23H21F3N4O2. The Kier molecular flexibility index (Phi) is 5.00. The van der Waals surface area contributed by atoms with E-state index in [1.807, 2.05) is 4.90 Å². The van der Waals surface area contributed by atoms with Crippen molar-refractivity contribution < 1.29 is 18.3 Å². The van der Waals surface area contributed by atoms with Crippen molar-refractivity contribution >= 4 is 5.69 Å². The molecule has 0 spiro atoms. The molecule has 1 aromatic carbocycles. The van der Waals surface area contributed by atoms with Crippen LogP contribution in [0.3, 0.4) is 0 Å². The molecule has 166 valence electrons. The summed E-state index contributed by atoms with van der Waals surface area (Å²) in [5.41, 5.74) is 1.31. The fraction of sp³-hybridized carbons (Fsp3) is 0.348. The topological polar surface area (TPSA) is 71.2 Å². The van der Waals surface area contributed by atoms with Crippen molar-refractivity contribution in [1.29, 1.82) is 0 Å². The van der Waals surface area contributed by atoms with Crippen LogP contribution in [0.4, 0.5) is 18.9 Å². The zero-order valence-corrected chi connectivity index (χ0v) is 17.1. The minimum Gasteiger partial charge on any atom is -0.391 e. The molecule has 3 aromatic rings. The fourth-order valence-electron chi connectivity index (χ4n) is 4.59. The molecule has 0 unspecified atom stereocenters. The van der Waals surface area contributed by atoms with Crippen LogP contribution in [0.15, 0.2) is 47.5 Å². The second-order valence-electron chi connectivity index (χ2n) is 8.20. The molecule has 1 atom stereocenters. The highest BCUT2D eigenvalue weighted by Gasteiger charge is 2.36. The summed E-state index contributed by atoms with van der Waals surface area (Å²) in [6, 6.07) is 7.20. The van der Waals surface area contributed by atoms with Gasteiger partial charge in [0, 0.05) is 42.3 Å². The van der Waals surface area contributed by atoms with Gasteiger partial charge in [-0.1, -0.05) is 0 Å². The van der Waals surface area contributed by atoms with Crippen molar-refractivity contribution in [3.05, 3.63) is 69.8 Å². The van der Waals surface area contributed by atoms with Gasteiger partial charge in [0.25, 0.3) is 5.56 Å². The molecule has 2 aromatic heterocycles. The smallest absolute Gasteiger partial charge is 0.391 e. The van der Waals surface area contributed by atoms with Gasteiger partial charge in [-0.25, -0.2) is 0 Å². The first-order valence-electron chi connectivity index (χ1n) is 10.5. The normalized spacial score (nSPS) is 18.2. The van der Waals surface area contributed by atoms with Crippen LogP contribution in [-0.4, -0.2) is 39.1 Å². The Bertz CT molecular complexity index is 1220. The lowest BCUT2D eigenvalue weighted by Crippen LogP contribution is -2.29. The lowest BCUT2D eigenvalue weighted by atomic mass is 10.0. The van der Waals surface area contributed by atoms with Gasteiger partial charge in [0.15, 0.2) is 0 Å². The lowest BCUT2D eigenvalue weighted by molar-refractivity contribution is -0.137. The van der Waals surface area contributed by atoms with Crippen LogP contribution in [0.5, 0.6) is 0 Å². The number of aromatic nitrogens is 3. The molecule has 0 amide bonds. The van der Waals surface area contributed by atoms with Gasteiger partial charge in [0.1, 0.15) is 0 Å². The molecule has 1 saturated heterocycles. The van der Waals surface area contributed by atoms with Gasteiger partial charge in [0.2, 0.25) is 0 Å². The highest BCUT2D eigenvalue weighted by atomic mass is 19.4. The van der Waals surface area contributed by atoms with E-state index in [2.05, 4.69) is 10.1 Å². The van der Waals surface area contributed by atoms with Gasteiger partial charge < -0.3 is 10.0 Å². The minimum absolute atomic E-state index is 0.300. The predicted molar refractivity (Wildman–Crippen MR) is 113 cm³/mol. The van der Waals surface area contributed by atoms with Crippen LogP contribution in [0.1, 0.15) is 29.5 Å². The molecule has 1 N–H and O–H groups in total. The van der Waals surface area contributed by atoms with Crippen molar-refractivity contribution in [2.75, 3.05) is 18.0 Å². The highest BCUT2D eigenvalue weighted by molar-refractivity contribution is 5.65. The van der Waals surface area contributed by atoms with Crippen LogP contribution < -0.4 is 10.5 Å². The van der Waals surface area contributed by atoms with E-state index in [-0.39, 0.29) is 5.69 Å². The number of fused-ring (bicyclic) bond motifs is 1. The molecule has 1 fully saturated rings. The number of hydrogen-bond acceptors (Lipinski definition) is 5. The van der Waals surface area contributed by atoms with Crippen LogP contribution in [-0.2, 0) is 19.0 Å². The number of alkyl halides is 3. The summed E-state index contributed by atoms with van der Waals surface area (Å²) in [5, 5.41) is 14.3. The average Bonchev–Trinajstić information content (AvgIpc) is 3.43. The second kappa shape index (κ2) is 7.74. The second-order valence-corrected chi connectivity index (χ2v) is 8.20. The largest absolute Gasteiger partial charge is 0.418 e. The Morgan fingerprint density at radius 1 is 1.06 bits per heavy atom. The summed E-state index contributed by atoms with van der Waals surface area (Å²) in [4.78, 5) is 19.1. The molecule has 32 heavy (non-hydrogen) atoms. The number of aliphatic hydroxyl groups excluding tert-OH is 1. The van der Waals surface area contributed by atoms with E-state index in [0.29, 0.717) is 54.9 Å². The summed E-state index contributed by atoms with van der Waals surface area (Å²) in [6.07, 6.45) is 0.464. The fourth-order valence-corrected chi connectivity index (χ4v) is 4.59. The van der Waals surface area contributed by atoms with Crippen LogP contribution in [0, 0.1) is 0 Å². The summed E-state index contributed by atoms with van der Waals surface area (Å²) in [5.74, 6) is 0. The van der Waals surface area contributed by atoms with Crippen LogP contribution in [0.25, 0.3) is 16.9 Å². The maximum absolute atomic E-state index is 13.9. The molecule has 9 heteroatoms. The molecule has 0 radical (unpaired) electrons. The van der Waals surface area contributed by atoms with E-state index >= 15 is 0 Å². The maximum atomic E-state index is 13.9. The van der Waals surface area contributed by atoms with Gasteiger partial charge >= 0.3 is 6.18 Å². The van der Waals surface area contributed by atoms with E-state index in [0.717, 1.165) is 22.7 Å². The van der Waals surface area contributed by atoms with Gasteiger partial charge in [0.05, 0.1) is 23.0 Å². The molecule has 5 rings (SSSR count). The van der Waals surface area contributed by atoms with E-state index in [1.54, 1.807) is 24.5 Å². The van der Waals surface area contributed by atoms with Crippen LogP contribution >= 0.6 is 0 Å². The monoisotopic (exact) mass is 442 g/mol. The van der Waals surface area contributed by atoms with Crippen molar-refractivity contribution in [1.82, 2.24) is 14.8 Å². The Morgan fingerprint density at radius 3 is 2.50 bits per heavy atom. The van der Waals surface area contributed by atoms with E-state index in [9.17, 15) is 23.1 Å². The number of nitrogens with zero attached hydrogens (tertiary/aromatic N) is 4. The van der Waals surface area contributed by atoms with Gasteiger partial charge in [-0.3, -0.25) is 9.78 Å². The Labute approximate surface area is 182 Å². The van der Waals surface area contributed by atoms with Gasteiger partial charge in [-0.2, -0.15) is 23.0 Å². The predicted octanol–water partition coefficient (Wildman–Crippen LogP) is 3.37. The summed E-state index contributed by atoms with van der Waals surface area (Å²) in [7, 11) is 0. The number of β-amino-alcohol motifs (C(OH)–C–C–N with tert-alkyl or cyclic N) is 1. The number of anilines is 1. The highest BCUT2D eigenvalue weighted by Crippen LogP contribution is 2.37. The zero-order valence-electron chi connectivity index (χ0n) is 17.1. The SMILES string of the molecule is O=c1c2c(c(-c3ccncc3)nn1-c1cc(N3CC[C@H](O)C3)ccc1C(F)(F)F)CCC2. The van der Waals surface area contributed by atoms with Crippen molar-refractivity contribution in [2.45, 2.75) is 38.0 Å². The van der Waals surface area contributed by atoms with E-state index in [4.69, 9.17) is 0 Å². The third-order valence-corrected chi connectivity index (χ3v) is 6.15. The van der Waals surface area contributed by atoms with Gasteiger partial charge in [-0.15, -0.1) is 0 Å². The Hall–Kier alpha value is -3.20. The molecule has 3 heterocycles. The van der Waals surface area contributed by atoms with Crippen molar-refractivity contribution in [3.8, 4) is 16.9 Å². The van der Waals surface area contributed by atoms with E-state index in [1.165, 1.54) is 12.1 Å². The van der Waals surface area contributed by atoms with Crippen molar-refractivity contribution in [2.24, 2.45) is 0 Å². The van der Waals surface area contributed by atoms with Crippen LogP contribution in [0.2, 0.25) is 0 Å². The third kappa shape index (κ3) is 3.56. The maximum Gasteiger partial charge on any atom is 0.418 e. The number of rotatable bonds is 3. The molecule has 1 aliphatic heterocycles. The molecule has 0 bridgehead atoms. The molecule has 2 aliphatic rings. The summed E-state index contributed by atoms with van der Waals surface area (Å²) < 4.78 is 42.7. The number of benzene rings is 1. The Balaban J connectivity index is 1.74. The average molecular weight is 442 g/mol. The summed E-state index contributed by atoms with van der Waals surface area (Å²) >= 11 is 0. The third-order valence-electron chi connectivity index (χ3n) is 6.15. The molecule has 0 saturated carbocycles. The minimum atomic E-state index is -4.66. The van der Waals surface area contributed by atoms with E-state index < -0.39 is 23.4 Å². The molecule has 6 nitrogen and oxygen atoms in total. The quantitative estimate of drug-likeness (QED) is 0.674. The number of pyridine rings is 1. The Morgan fingerprint density at radius 2 is 1.81 bits per heavy atom. The first-order valence-corrected chi connectivity index (χ1v) is 10.5. The molecule has 1 aliphatic carbocycles. The number of aliphatic hydroxyl groups is 1. The lowest BCUT2D eigenvalue weighted by Gasteiger charge is -2.22. The number of hydrogen-bond donors (Lipinski definition) is 1. The first-order chi connectivity index (χ1) is 15.3. The zero-order chi connectivity index (χ0) is 22.5. The summed E-state index contributed by atoms with van der Waals surface area (Å²) in [6.45, 7) is 0.861.